The zero-order chi connectivity index (χ0) is 11.3. The SMILES string of the molecule is COC(=O)Nc1ccc([C@H](O)CO)nc1. The lowest BCUT2D eigenvalue weighted by Gasteiger charge is -2.07. The van der Waals surface area contributed by atoms with Crippen molar-refractivity contribution < 1.29 is 19.7 Å². The summed E-state index contributed by atoms with van der Waals surface area (Å²) in [4.78, 5) is 14.7. The van der Waals surface area contributed by atoms with E-state index in [4.69, 9.17) is 5.11 Å². The van der Waals surface area contributed by atoms with Crippen LogP contribution in [0.5, 0.6) is 0 Å². The fourth-order valence-corrected chi connectivity index (χ4v) is 0.939. The number of aromatic nitrogens is 1. The number of hydrogen-bond donors (Lipinski definition) is 3. The van der Waals surface area contributed by atoms with Crippen LogP contribution in [-0.4, -0.2) is 35.0 Å². The highest BCUT2D eigenvalue weighted by Gasteiger charge is 2.07. The molecule has 1 atom stereocenters. The van der Waals surface area contributed by atoms with Gasteiger partial charge in [-0.3, -0.25) is 10.3 Å². The lowest BCUT2D eigenvalue weighted by molar-refractivity contribution is 0.0923. The fourth-order valence-electron chi connectivity index (χ4n) is 0.939. The predicted octanol–water partition coefficient (Wildman–Crippen LogP) is 0.286. The maximum absolute atomic E-state index is 10.8. The molecule has 0 saturated carbocycles. The molecule has 1 amide bonds. The molecular formula is C9H12N2O4. The van der Waals surface area contributed by atoms with Gasteiger partial charge in [0.25, 0.3) is 0 Å². The van der Waals surface area contributed by atoms with Crippen molar-refractivity contribution >= 4 is 11.8 Å². The Labute approximate surface area is 86.5 Å². The van der Waals surface area contributed by atoms with Crippen LogP contribution in [0.25, 0.3) is 0 Å². The normalized spacial score (nSPS) is 11.9. The largest absolute Gasteiger partial charge is 0.453 e. The van der Waals surface area contributed by atoms with Crippen LogP contribution in [0.1, 0.15) is 11.8 Å². The monoisotopic (exact) mass is 212 g/mol. The van der Waals surface area contributed by atoms with Crippen LogP contribution in [-0.2, 0) is 4.74 Å². The molecule has 0 aliphatic heterocycles. The number of carbonyl (C=O) groups is 1. The van der Waals surface area contributed by atoms with E-state index in [1.807, 2.05) is 0 Å². The smallest absolute Gasteiger partial charge is 0.411 e. The molecule has 0 aliphatic rings. The first-order chi connectivity index (χ1) is 7.17. The average molecular weight is 212 g/mol. The van der Waals surface area contributed by atoms with E-state index in [0.717, 1.165) is 0 Å². The Balaban J connectivity index is 2.68. The third kappa shape index (κ3) is 3.19. The second kappa shape index (κ2) is 5.28. The number of nitrogens with zero attached hydrogens (tertiary/aromatic N) is 1. The van der Waals surface area contributed by atoms with Gasteiger partial charge in [0.15, 0.2) is 0 Å². The molecule has 1 aromatic heterocycles. The number of nitrogens with one attached hydrogen (secondary N) is 1. The molecule has 0 unspecified atom stereocenters. The van der Waals surface area contributed by atoms with E-state index in [1.165, 1.54) is 19.4 Å². The zero-order valence-electron chi connectivity index (χ0n) is 8.17. The topological polar surface area (TPSA) is 91.7 Å². The van der Waals surface area contributed by atoms with Crippen LogP contribution in [0, 0.1) is 0 Å². The number of pyridine rings is 1. The van der Waals surface area contributed by atoms with Crippen molar-refractivity contribution in [2.75, 3.05) is 19.0 Å². The van der Waals surface area contributed by atoms with Gasteiger partial charge in [0.05, 0.1) is 31.3 Å². The van der Waals surface area contributed by atoms with Crippen LogP contribution in [0.4, 0.5) is 10.5 Å². The summed E-state index contributed by atoms with van der Waals surface area (Å²) in [6.07, 6.45) is -0.227. The third-order valence-electron chi connectivity index (χ3n) is 1.73. The van der Waals surface area contributed by atoms with Crippen molar-refractivity contribution in [3.05, 3.63) is 24.0 Å². The second-order valence-electron chi connectivity index (χ2n) is 2.79. The Morgan fingerprint density at radius 1 is 1.67 bits per heavy atom. The van der Waals surface area contributed by atoms with E-state index >= 15 is 0 Å². The number of rotatable bonds is 3. The number of amides is 1. The van der Waals surface area contributed by atoms with E-state index in [2.05, 4.69) is 15.0 Å². The Bertz CT molecular complexity index is 325. The van der Waals surface area contributed by atoms with Crippen molar-refractivity contribution in [1.82, 2.24) is 4.98 Å². The average Bonchev–Trinajstić information content (AvgIpc) is 2.29. The fraction of sp³-hybridized carbons (Fsp3) is 0.333. The Morgan fingerprint density at radius 2 is 2.40 bits per heavy atom. The first-order valence-corrected chi connectivity index (χ1v) is 4.27. The number of hydrogen-bond acceptors (Lipinski definition) is 5. The van der Waals surface area contributed by atoms with Crippen LogP contribution in [0.15, 0.2) is 18.3 Å². The first kappa shape index (κ1) is 11.4. The number of aliphatic hydroxyl groups excluding tert-OH is 2. The molecule has 6 nitrogen and oxygen atoms in total. The third-order valence-corrected chi connectivity index (χ3v) is 1.73. The summed E-state index contributed by atoms with van der Waals surface area (Å²) in [7, 11) is 1.26. The highest BCUT2D eigenvalue weighted by atomic mass is 16.5. The molecule has 15 heavy (non-hydrogen) atoms. The van der Waals surface area contributed by atoms with Gasteiger partial charge in [0.1, 0.15) is 6.10 Å². The highest BCUT2D eigenvalue weighted by molar-refractivity contribution is 5.84. The number of methoxy groups -OCH3 is 1. The van der Waals surface area contributed by atoms with Crippen molar-refractivity contribution in [2.45, 2.75) is 6.10 Å². The second-order valence-corrected chi connectivity index (χ2v) is 2.79. The van der Waals surface area contributed by atoms with E-state index in [9.17, 15) is 9.90 Å². The molecule has 1 heterocycles. The summed E-state index contributed by atoms with van der Waals surface area (Å²) in [6.45, 7) is -0.392. The van der Waals surface area contributed by atoms with Gasteiger partial charge in [-0.15, -0.1) is 0 Å². The van der Waals surface area contributed by atoms with Gasteiger partial charge in [0.2, 0.25) is 0 Å². The lowest BCUT2D eigenvalue weighted by Crippen LogP contribution is -2.11. The van der Waals surface area contributed by atoms with Gasteiger partial charge in [0, 0.05) is 0 Å². The van der Waals surface area contributed by atoms with Gasteiger partial charge in [-0.1, -0.05) is 0 Å². The van der Waals surface area contributed by atoms with Gasteiger partial charge in [-0.05, 0) is 12.1 Å². The van der Waals surface area contributed by atoms with Crippen molar-refractivity contribution in [3.63, 3.8) is 0 Å². The minimum atomic E-state index is -1.00. The maximum atomic E-state index is 10.8. The molecular weight excluding hydrogens is 200 g/mol. The van der Waals surface area contributed by atoms with Crippen molar-refractivity contribution in [1.29, 1.82) is 0 Å². The summed E-state index contributed by atoms with van der Waals surface area (Å²) in [5, 5.41) is 20.3. The molecule has 0 bridgehead atoms. The Morgan fingerprint density at radius 3 is 2.87 bits per heavy atom. The molecule has 0 radical (unpaired) electrons. The molecule has 1 aromatic rings. The zero-order valence-corrected chi connectivity index (χ0v) is 8.17. The minimum absolute atomic E-state index is 0.341. The Hall–Kier alpha value is -1.66. The maximum Gasteiger partial charge on any atom is 0.411 e. The predicted molar refractivity (Wildman–Crippen MR) is 52.3 cm³/mol. The molecule has 1 rings (SSSR count). The number of carbonyl (C=O) groups excluding carboxylic acids is 1. The highest BCUT2D eigenvalue weighted by Crippen LogP contribution is 2.12. The van der Waals surface area contributed by atoms with Gasteiger partial charge < -0.3 is 14.9 Å². The summed E-state index contributed by atoms with van der Waals surface area (Å²) in [6, 6.07) is 3.06. The van der Waals surface area contributed by atoms with E-state index in [-0.39, 0.29) is 0 Å². The first-order valence-electron chi connectivity index (χ1n) is 4.27. The van der Waals surface area contributed by atoms with Gasteiger partial charge >= 0.3 is 6.09 Å². The van der Waals surface area contributed by atoms with Gasteiger partial charge in [-0.2, -0.15) is 0 Å². The summed E-state index contributed by atoms with van der Waals surface area (Å²) >= 11 is 0. The van der Waals surface area contributed by atoms with Crippen LogP contribution >= 0.6 is 0 Å². The molecule has 0 saturated heterocycles. The van der Waals surface area contributed by atoms with Crippen molar-refractivity contribution in [2.24, 2.45) is 0 Å². The van der Waals surface area contributed by atoms with E-state index in [0.29, 0.717) is 11.4 Å². The number of ether oxygens (including phenoxy) is 1. The van der Waals surface area contributed by atoms with E-state index < -0.39 is 18.8 Å². The number of aliphatic hydroxyl groups is 2. The Kier molecular flexibility index (Phi) is 4.02. The molecule has 82 valence electrons. The molecule has 6 heteroatoms. The molecule has 0 aromatic carbocycles. The molecule has 3 N–H and O–H groups in total. The summed E-state index contributed by atoms with van der Waals surface area (Å²) in [5.74, 6) is 0. The number of anilines is 1. The molecule has 0 spiro atoms. The van der Waals surface area contributed by atoms with Gasteiger partial charge in [-0.25, -0.2) is 4.79 Å². The molecule has 0 aliphatic carbocycles. The van der Waals surface area contributed by atoms with Crippen molar-refractivity contribution in [3.8, 4) is 0 Å². The van der Waals surface area contributed by atoms with Crippen LogP contribution < -0.4 is 5.32 Å². The van der Waals surface area contributed by atoms with E-state index in [1.54, 1.807) is 6.07 Å². The lowest BCUT2D eigenvalue weighted by atomic mass is 10.2. The molecule has 0 fully saturated rings. The quantitative estimate of drug-likeness (QED) is 0.669. The van der Waals surface area contributed by atoms with Crippen LogP contribution in [0.2, 0.25) is 0 Å². The van der Waals surface area contributed by atoms with Crippen LogP contribution in [0.3, 0.4) is 0 Å². The summed E-state index contributed by atoms with van der Waals surface area (Å²) in [5.41, 5.74) is 0.795. The minimum Gasteiger partial charge on any atom is -0.453 e. The standard InChI is InChI=1S/C9H12N2O4/c1-15-9(14)11-6-2-3-7(10-4-6)8(13)5-12/h2-4,8,12-13H,5H2,1H3,(H,11,14)/t8-/m1/s1. The summed E-state index contributed by atoms with van der Waals surface area (Å²) < 4.78 is 4.39.